The van der Waals surface area contributed by atoms with E-state index in [2.05, 4.69) is 14.8 Å². The summed E-state index contributed by atoms with van der Waals surface area (Å²) in [6.07, 6.45) is 2.79. The van der Waals surface area contributed by atoms with Gasteiger partial charge in [0.2, 0.25) is 0 Å². The maximum absolute atomic E-state index is 13.0. The average Bonchev–Trinajstić information content (AvgIpc) is 3.09. The van der Waals surface area contributed by atoms with Gasteiger partial charge in [0.15, 0.2) is 11.6 Å². The van der Waals surface area contributed by atoms with Crippen LogP contribution in [0.15, 0.2) is 53.7 Å². The molecule has 0 unspecified atom stereocenters. The summed E-state index contributed by atoms with van der Waals surface area (Å²) in [4.78, 5) is 4.00. The molecule has 1 aromatic carbocycles. The fraction of sp³-hybridized carbons (Fsp3) is 0.118. The molecule has 9 nitrogen and oxygen atoms in total. The summed E-state index contributed by atoms with van der Waals surface area (Å²) in [5, 5.41) is 13.4. The molecule has 3 rings (SSSR count). The summed E-state index contributed by atoms with van der Waals surface area (Å²) in [6, 6.07) is 11.4. The van der Waals surface area contributed by atoms with Gasteiger partial charge < -0.3 is 9.47 Å². The number of methoxy groups -OCH3 is 2. The largest absolute Gasteiger partial charge is 0.497 e. The molecule has 0 aliphatic carbocycles. The molecule has 0 radical (unpaired) electrons. The Morgan fingerprint density at radius 1 is 1.19 bits per heavy atom. The first kappa shape index (κ1) is 18.2. The van der Waals surface area contributed by atoms with E-state index in [-0.39, 0.29) is 22.0 Å². The van der Waals surface area contributed by atoms with Crippen molar-refractivity contribution in [2.45, 2.75) is 4.90 Å². The third-order valence-electron chi connectivity index (χ3n) is 3.65. The van der Waals surface area contributed by atoms with Crippen molar-refractivity contribution in [3.8, 4) is 23.4 Å². The molecule has 0 aliphatic rings. The minimum absolute atomic E-state index is 0.0268. The zero-order chi connectivity index (χ0) is 19.4. The van der Waals surface area contributed by atoms with Crippen molar-refractivity contribution >= 4 is 15.8 Å². The summed E-state index contributed by atoms with van der Waals surface area (Å²) in [6.45, 7) is 0. The Morgan fingerprint density at radius 2 is 2.00 bits per heavy atom. The average molecular weight is 385 g/mol. The molecule has 138 valence electrons. The number of hydrogen-bond acceptors (Lipinski definition) is 7. The Hall–Kier alpha value is -3.58. The molecule has 0 spiro atoms. The number of pyridine rings is 1. The molecule has 0 aliphatic heterocycles. The molecule has 2 aromatic heterocycles. The normalized spacial score (nSPS) is 10.9. The number of aromatic nitrogens is 3. The van der Waals surface area contributed by atoms with Crippen LogP contribution < -0.4 is 14.2 Å². The summed E-state index contributed by atoms with van der Waals surface area (Å²) >= 11 is 0. The summed E-state index contributed by atoms with van der Waals surface area (Å²) in [5.74, 6) is 0.802. The quantitative estimate of drug-likeness (QED) is 0.689. The van der Waals surface area contributed by atoms with E-state index in [1.807, 2.05) is 6.07 Å². The maximum atomic E-state index is 13.0. The molecule has 2 heterocycles. The van der Waals surface area contributed by atoms with E-state index in [0.717, 1.165) is 0 Å². The van der Waals surface area contributed by atoms with E-state index in [4.69, 9.17) is 9.47 Å². The van der Waals surface area contributed by atoms with Crippen LogP contribution >= 0.6 is 0 Å². The first-order valence-corrected chi connectivity index (χ1v) is 9.13. The molecule has 0 amide bonds. The number of rotatable bonds is 6. The topological polar surface area (TPSA) is 119 Å². The first-order valence-electron chi connectivity index (χ1n) is 7.64. The van der Waals surface area contributed by atoms with Gasteiger partial charge in [-0.3, -0.25) is 4.72 Å². The minimum Gasteiger partial charge on any atom is -0.497 e. The van der Waals surface area contributed by atoms with Crippen LogP contribution in [0.5, 0.6) is 11.5 Å². The van der Waals surface area contributed by atoms with Crippen molar-refractivity contribution in [3.05, 3.63) is 54.4 Å². The molecular formula is C17H15N5O4S. The van der Waals surface area contributed by atoms with Crippen molar-refractivity contribution in [3.63, 3.8) is 0 Å². The smallest absolute Gasteiger partial charge is 0.266 e. The van der Waals surface area contributed by atoms with Crippen LogP contribution in [0.4, 0.5) is 5.82 Å². The zero-order valence-electron chi connectivity index (χ0n) is 14.4. The second kappa shape index (κ2) is 7.35. The highest BCUT2D eigenvalue weighted by Gasteiger charge is 2.25. The van der Waals surface area contributed by atoms with Gasteiger partial charge in [-0.2, -0.15) is 15.0 Å². The third-order valence-corrected chi connectivity index (χ3v) is 5.01. The van der Waals surface area contributed by atoms with E-state index < -0.39 is 10.0 Å². The van der Waals surface area contributed by atoms with Gasteiger partial charge in [-0.1, -0.05) is 6.07 Å². The fourth-order valence-corrected chi connectivity index (χ4v) is 3.61. The Labute approximate surface area is 155 Å². The predicted molar refractivity (Wildman–Crippen MR) is 96.4 cm³/mol. The van der Waals surface area contributed by atoms with E-state index in [1.165, 1.54) is 43.4 Å². The number of sulfonamides is 1. The Kier molecular flexibility index (Phi) is 4.96. The lowest BCUT2D eigenvalue weighted by Crippen LogP contribution is -2.18. The summed E-state index contributed by atoms with van der Waals surface area (Å²) in [5.41, 5.74) is 0.0473. The van der Waals surface area contributed by atoms with Gasteiger partial charge in [0.1, 0.15) is 28.0 Å². The van der Waals surface area contributed by atoms with E-state index in [9.17, 15) is 13.7 Å². The number of ether oxygens (including phenoxy) is 2. The predicted octanol–water partition coefficient (Wildman–Crippen LogP) is 1.96. The number of nitrogens with zero attached hydrogens (tertiary/aromatic N) is 4. The first-order chi connectivity index (χ1) is 13.0. The van der Waals surface area contributed by atoms with Gasteiger partial charge >= 0.3 is 0 Å². The lowest BCUT2D eigenvalue weighted by atomic mass is 10.3. The molecule has 0 saturated carbocycles. The highest BCUT2D eigenvalue weighted by atomic mass is 32.2. The van der Waals surface area contributed by atoms with Gasteiger partial charge in [0.05, 0.1) is 20.4 Å². The summed E-state index contributed by atoms with van der Waals surface area (Å²) in [7, 11) is -1.33. The Morgan fingerprint density at radius 3 is 2.63 bits per heavy atom. The Balaban J connectivity index is 2.10. The second-order valence-corrected chi connectivity index (χ2v) is 6.89. The van der Waals surface area contributed by atoms with Gasteiger partial charge in [-0.25, -0.2) is 13.4 Å². The number of hydrogen-bond donors (Lipinski definition) is 1. The van der Waals surface area contributed by atoms with Crippen molar-refractivity contribution in [2.24, 2.45) is 0 Å². The van der Waals surface area contributed by atoms with Crippen LogP contribution in [0, 0.1) is 11.3 Å². The second-order valence-electron chi connectivity index (χ2n) is 5.24. The summed E-state index contributed by atoms with van der Waals surface area (Å²) < 4.78 is 39.8. The molecular weight excluding hydrogens is 370 g/mol. The van der Waals surface area contributed by atoms with Crippen LogP contribution in [0.1, 0.15) is 5.56 Å². The molecule has 27 heavy (non-hydrogen) atoms. The van der Waals surface area contributed by atoms with Gasteiger partial charge in [-0.15, -0.1) is 0 Å². The lowest BCUT2D eigenvalue weighted by molar-refractivity contribution is 0.392. The van der Waals surface area contributed by atoms with Crippen molar-refractivity contribution in [1.29, 1.82) is 5.26 Å². The molecule has 0 fully saturated rings. The molecule has 0 atom stereocenters. The van der Waals surface area contributed by atoms with E-state index in [1.54, 1.807) is 24.3 Å². The van der Waals surface area contributed by atoms with Crippen LogP contribution in [0.25, 0.3) is 5.82 Å². The number of anilines is 1. The fourth-order valence-electron chi connectivity index (χ4n) is 2.36. The lowest BCUT2D eigenvalue weighted by Gasteiger charge is -2.14. The van der Waals surface area contributed by atoms with Crippen LogP contribution in [-0.2, 0) is 10.0 Å². The molecule has 0 bridgehead atoms. The van der Waals surface area contributed by atoms with Crippen LogP contribution in [-0.4, -0.2) is 37.4 Å². The molecule has 1 N–H and O–H groups in total. The van der Waals surface area contributed by atoms with Gasteiger partial charge in [-0.05, 0) is 24.3 Å². The van der Waals surface area contributed by atoms with Crippen LogP contribution in [0.3, 0.4) is 0 Å². The maximum Gasteiger partial charge on any atom is 0.266 e. The standard InChI is InChI=1S/C17H15N5O4S/c1-25-13-6-7-14(26-2)15(9-13)27(23,24)21-17-12(10-18)11-20-22(17)16-5-3-4-8-19-16/h3-9,11,21H,1-2H3. The monoisotopic (exact) mass is 385 g/mol. The molecule has 0 saturated heterocycles. The van der Waals surface area contributed by atoms with Crippen LogP contribution in [0.2, 0.25) is 0 Å². The number of nitriles is 1. The van der Waals surface area contributed by atoms with E-state index in [0.29, 0.717) is 11.6 Å². The van der Waals surface area contributed by atoms with Crippen molar-refractivity contribution in [1.82, 2.24) is 14.8 Å². The SMILES string of the molecule is COc1ccc(OC)c(S(=O)(=O)Nc2c(C#N)cnn2-c2ccccn2)c1. The van der Waals surface area contributed by atoms with E-state index >= 15 is 0 Å². The molecule has 3 aromatic rings. The number of nitrogens with one attached hydrogen (secondary N) is 1. The van der Waals surface area contributed by atoms with Gasteiger partial charge in [0.25, 0.3) is 10.0 Å². The third kappa shape index (κ3) is 3.54. The highest BCUT2D eigenvalue weighted by molar-refractivity contribution is 7.92. The molecule has 10 heteroatoms. The van der Waals surface area contributed by atoms with Crippen molar-refractivity contribution < 1.29 is 17.9 Å². The van der Waals surface area contributed by atoms with Gasteiger partial charge in [0, 0.05) is 12.3 Å². The Bertz CT molecular complexity index is 1100. The highest BCUT2D eigenvalue weighted by Crippen LogP contribution is 2.30. The minimum atomic E-state index is -4.12. The number of benzene rings is 1. The zero-order valence-corrected chi connectivity index (χ0v) is 15.3. The van der Waals surface area contributed by atoms with Crippen molar-refractivity contribution in [2.75, 3.05) is 18.9 Å².